The monoisotopic (exact) mass is 202 g/mol. The molecule has 0 amide bonds. The topological polar surface area (TPSA) is 66.0 Å². The summed E-state index contributed by atoms with van der Waals surface area (Å²) in [6, 6.07) is 7.72. The number of imidazole rings is 1. The van der Waals surface area contributed by atoms with Gasteiger partial charge in [0.05, 0.1) is 6.20 Å². The van der Waals surface area contributed by atoms with E-state index in [2.05, 4.69) is 9.97 Å². The largest absolute Gasteiger partial charge is 0.477 e. The molecule has 76 valence electrons. The molecule has 0 aliphatic carbocycles. The van der Waals surface area contributed by atoms with E-state index in [1.54, 1.807) is 0 Å². The van der Waals surface area contributed by atoms with Gasteiger partial charge in [-0.15, -0.1) is 0 Å². The van der Waals surface area contributed by atoms with Crippen LogP contribution in [0, 0.1) is 6.92 Å². The summed E-state index contributed by atoms with van der Waals surface area (Å²) in [5.74, 6) is -0.419. The van der Waals surface area contributed by atoms with Crippen molar-refractivity contribution in [1.82, 2.24) is 9.97 Å². The van der Waals surface area contributed by atoms with Gasteiger partial charge in [-0.05, 0) is 13.0 Å². The molecule has 0 saturated heterocycles. The van der Waals surface area contributed by atoms with Crippen LogP contribution < -0.4 is 0 Å². The van der Waals surface area contributed by atoms with Crippen LogP contribution in [0.15, 0.2) is 30.5 Å². The zero-order valence-electron chi connectivity index (χ0n) is 8.19. The van der Waals surface area contributed by atoms with Gasteiger partial charge in [-0.2, -0.15) is 0 Å². The highest BCUT2D eigenvalue weighted by Crippen LogP contribution is 2.16. The van der Waals surface area contributed by atoms with Crippen LogP contribution in [-0.4, -0.2) is 21.0 Å². The highest BCUT2D eigenvalue weighted by atomic mass is 16.4. The Morgan fingerprint density at radius 3 is 2.87 bits per heavy atom. The maximum absolute atomic E-state index is 10.6. The second-order valence-corrected chi connectivity index (χ2v) is 3.32. The molecule has 0 fully saturated rings. The molecular weight excluding hydrogens is 192 g/mol. The molecule has 1 heterocycles. The van der Waals surface area contributed by atoms with Crippen LogP contribution >= 0.6 is 0 Å². The molecule has 0 saturated carbocycles. The maximum Gasteiger partial charge on any atom is 0.353 e. The van der Waals surface area contributed by atoms with Crippen LogP contribution in [0.25, 0.3) is 11.4 Å². The van der Waals surface area contributed by atoms with Crippen molar-refractivity contribution >= 4 is 5.97 Å². The number of nitrogens with zero attached hydrogens (tertiary/aromatic N) is 1. The first-order chi connectivity index (χ1) is 7.16. The molecular formula is C11H10N2O2. The lowest BCUT2D eigenvalue weighted by Gasteiger charge is -1.97. The molecule has 2 rings (SSSR count). The number of rotatable bonds is 2. The van der Waals surface area contributed by atoms with Gasteiger partial charge >= 0.3 is 5.97 Å². The second kappa shape index (κ2) is 3.57. The number of hydrogen-bond donors (Lipinski definition) is 2. The van der Waals surface area contributed by atoms with Crippen molar-refractivity contribution in [3.05, 3.63) is 41.7 Å². The molecule has 1 aromatic heterocycles. The van der Waals surface area contributed by atoms with Gasteiger partial charge in [0.15, 0.2) is 0 Å². The molecule has 4 heteroatoms. The third-order valence-corrected chi connectivity index (χ3v) is 2.10. The van der Waals surface area contributed by atoms with Crippen molar-refractivity contribution in [1.29, 1.82) is 0 Å². The number of aryl methyl sites for hydroxylation is 1. The SMILES string of the molecule is Cc1cccc(-c2ncc(C(=O)O)[nH]2)c1. The van der Waals surface area contributed by atoms with Gasteiger partial charge < -0.3 is 10.1 Å². The zero-order chi connectivity index (χ0) is 10.8. The fourth-order valence-corrected chi connectivity index (χ4v) is 1.37. The summed E-state index contributed by atoms with van der Waals surface area (Å²) in [5, 5.41) is 8.73. The van der Waals surface area contributed by atoms with E-state index in [1.165, 1.54) is 6.20 Å². The number of H-pyrrole nitrogens is 1. The highest BCUT2D eigenvalue weighted by Gasteiger charge is 2.08. The standard InChI is InChI=1S/C11H10N2O2/c1-7-3-2-4-8(5-7)10-12-6-9(13-10)11(14)15/h2-6H,1H3,(H,12,13)(H,14,15). The number of hydrogen-bond acceptors (Lipinski definition) is 2. The van der Waals surface area contributed by atoms with Crippen molar-refractivity contribution in [3.8, 4) is 11.4 Å². The van der Waals surface area contributed by atoms with E-state index in [0.29, 0.717) is 5.82 Å². The molecule has 2 N–H and O–H groups in total. The molecule has 0 aliphatic rings. The molecule has 0 aliphatic heterocycles. The summed E-state index contributed by atoms with van der Waals surface area (Å²) in [5.41, 5.74) is 2.11. The minimum absolute atomic E-state index is 0.103. The summed E-state index contributed by atoms with van der Waals surface area (Å²) < 4.78 is 0. The Morgan fingerprint density at radius 1 is 1.47 bits per heavy atom. The number of benzene rings is 1. The Kier molecular flexibility index (Phi) is 2.25. The summed E-state index contributed by atoms with van der Waals surface area (Å²) in [4.78, 5) is 17.4. The summed E-state index contributed by atoms with van der Waals surface area (Å²) >= 11 is 0. The number of carboxylic acid groups (broad SMARTS) is 1. The summed E-state index contributed by atoms with van der Waals surface area (Å²) in [7, 11) is 0. The third-order valence-electron chi connectivity index (χ3n) is 2.10. The lowest BCUT2D eigenvalue weighted by Crippen LogP contribution is -1.95. The lowest BCUT2D eigenvalue weighted by atomic mass is 10.1. The highest BCUT2D eigenvalue weighted by molar-refractivity contribution is 5.85. The Balaban J connectivity index is 2.41. The van der Waals surface area contributed by atoms with Gasteiger partial charge in [0, 0.05) is 5.56 Å². The minimum Gasteiger partial charge on any atom is -0.477 e. The molecule has 0 atom stereocenters. The van der Waals surface area contributed by atoms with Gasteiger partial charge in [0.2, 0.25) is 0 Å². The molecule has 2 aromatic rings. The van der Waals surface area contributed by atoms with Gasteiger partial charge in [-0.3, -0.25) is 0 Å². The van der Waals surface area contributed by atoms with Crippen LogP contribution in [-0.2, 0) is 0 Å². The number of carbonyl (C=O) groups is 1. The molecule has 0 spiro atoms. The van der Waals surface area contributed by atoms with Gasteiger partial charge in [0.1, 0.15) is 11.5 Å². The van der Waals surface area contributed by atoms with Crippen molar-refractivity contribution in [2.75, 3.05) is 0 Å². The molecule has 4 nitrogen and oxygen atoms in total. The third kappa shape index (κ3) is 1.88. The smallest absolute Gasteiger partial charge is 0.353 e. The van der Waals surface area contributed by atoms with E-state index in [-0.39, 0.29) is 5.69 Å². The second-order valence-electron chi connectivity index (χ2n) is 3.32. The molecule has 0 radical (unpaired) electrons. The van der Waals surface area contributed by atoms with Gasteiger partial charge in [0.25, 0.3) is 0 Å². The molecule has 0 bridgehead atoms. The first-order valence-electron chi connectivity index (χ1n) is 4.52. The first kappa shape index (κ1) is 9.45. The molecule has 15 heavy (non-hydrogen) atoms. The van der Waals surface area contributed by atoms with Gasteiger partial charge in [-0.25, -0.2) is 9.78 Å². The number of aromatic amines is 1. The molecule has 0 unspecified atom stereocenters. The van der Waals surface area contributed by atoms with Crippen LogP contribution in [0.5, 0.6) is 0 Å². The predicted octanol–water partition coefficient (Wildman–Crippen LogP) is 2.08. The minimum atomic E-state index is -0.999. The molecule has 1 aromatic carbocycles. The van der Waals surface area contributed by atoms with Crippen LogP contribution in [0.1, 0.15) is 16.1 Å². The van der Waals surface area contributed by atoms with Gasteiger partial charge in [-0.1, -0.05) is 23.8 Å². The Bertz CT molecular complexity index is 503. The van der Waals surface area contributed by atoms with Crippen LogP contribution in [0.4, 0.5) is 0 Å². The van der Waals surface area contributed by atoms with E-state index >= 15 is 0 Å². The van der Waals surface area contributed by atoms with Crippen molar-refractivity contribution in [2.45, 2.75) is 6.92 Å². The lowest BCUT2D eigenvalue weighted by molar-refractivity contribution is 0.0691. The van der Waals surface area contributed by atoms with E-state index in [1.807, 2.05) is 31.2 Å². The van der Waals surface area contributed by atoms with E-state index in [0.717, 1.165) is 11.1 Å². The van der Waals surface area contributed by atoms with E-state index in [4.69, 9.17) is 5.11 Å². The predicted molar refractivity (Wildman–Crippen MR) is 55.7 cm³/mol. The Hall–Kier alpha value is -2.10. The van der Waals surface area contributed by atoms with Crippen molar-refractivity contribution in [3.63, 3.8) is 0 Å². The number of nitrogens with one attached hydrogen (secondary N) is 1. The fraction of sp³-hybridized carbons (Fsp3) is 0.0909. The normalized spacial score (nSPS) is 10.2. The van der Waals surface area contributed by atoms with Crippen molar-refractivity contribution in [2.24, 2.45) is 0 Å². The van der Waals surface area contributed by atoms with E-state index in [9.17, 15) is 4.79 Å². The summed E-state index contributed by atoms with van der Waals surface area (Å²) in [6.45, 7) is 1.98. The average Bonchev–Trinajstić information content (AvgIpc) is 2.66. The first-order valence-corrected chi connectivity index (χ1v) is 4.52. The summed E-state index contributed by atoms with van der Waals surface area (Å²) in [6.07, 6.45) is 1.32. The van der Waals surface area contributed by atoms with Crippen molar-refractivity contribution < 1.29 is 9.90 Å². The Morgan fingerprint density at radius 2 is 2.27 bits per heavy atom. The number of aromatic nitrogens is 2. The Labute approximate surface area is 86.6 Å². The average molecular weight is 202 g/mol. The van der Waals surface area contributed by atoms with E-state index < -0.39 is 5.97 Å². The fourth-order valence-electron chi connectivity index (χ4n) is 1.37. The maximum atomic E-state index is 10.6. The van der Waals surface area contributed by atoms with Crippen LogP contribution in [0.2, 0.25) is 0 Å². The zero-order valence-corrected chi connectivity index (χ0v) is 8.19. The number of aromatic carboxylic acids is 1. The number of carboxylic acids is 1. The van der Waals surface area contributed by atoms with Crippen LogP contribution in [0.3, 0.4) is 0 Å². The quantitative estimate of drug-likeness (QED) is 0.783.